The minimum Gasteiger partial charge on any atom is -0.363 e. The van der Waals surface area contributed by atoms with E-state index in [2.05, 4.69) is 9.97 Å². The average Bonchev–Trinajstić information content (AvgIpc) is 2.98. The molecule has 2 amide bonds. The van der Waals surface area contributed by atoms with Crippen molar-refractivity contribution < 1.29 is 14.3 Å². The van der Waals surface area contributed by atoms with Gasteiger partial charge in [0.1, 0.15) is 6.61 Å². The van der Waals surface area contributed by atoms with Gasteiger partial charge in [0.25, 0.3) is 5.91 Å². The third-order valence-electron chi connectivity index (χ3n) is 4.12. The van der Waals surface area contributed by atoms with Crippen LogP contribution >= 0.6 is 0 Å². The number of piperidine rings is 1. The van der Waals surface area contributed by atoms with Crippen LogP contribution in [0.15, 0.2) is 12.4 Å². The first-order valence-electron chi connectivity index (χ1n) is 6.76. The highest BCUT2D eigenvalue weighted by atomic mass is 16.5. The van der Waals surface area contributed by atoms with E-state index in [-0.39, 0.29) is 24.0 Å². The normalized spacial score (nSPS) is 22.4. The van der Waals surface area contributed by atoms with E-state index < -0.39 is 0 Å². The fourth-order valence-corrected chi connectivity index (χ4v) is 2.84. The van der Waals surface area contributed by atoms with Gasteiger partial charge < -0.3 is 19.5 Å². The molecule has 2 aliphatic heterocycles. The molecule has 0 radical (unpaired) electrons. The molecule has 1 spiro atoms. The maximum Gasteiger partial charge on any atom is 0.289 e. The fourth-order valence-electron chi connectivity index (χ4n) is 2.84. The maximum atomic E-state index is 12.2. The van der Waals surface area contributed by atoms with Gasteiger partial charge in [0, 0.05) is 39.1 Å². The third-order valence-corrected chi connectivity index (χ3v) is 4.12. The SMILES string of the molecule is CN1CC2(CCN(C(=O)c3ncc[nH]3)CC2)OCC1=O. The van der Waals surface area contributed by atoms with E-state index in [1.54, 1.807) is 29.2 Å². The molecule has 7 nitrogen and oxygen atoms in total. The van der Waals surface area contributed by atoms with Crippen LogP contribution in [0.3, 0.4) is 0 Å². The molecule has 1 N–H and O–H groups in total. The molecule has 2 fully saturated rings. The van der Waals surface area contributed by atoms with Crippen LogP contribution in [-0.2, 0) is 9.53 Å². The van der Waals surface area contributed by atoms with Crippen LogP contribution < -0.4 is 0 Å². The van der Waals surface area contributed by atoms with Crippen molar-refractivity contribution in [2.75, 3.05) is 33.3 Å². The molecule has 0 aromatic carbocycles. The molecule has 3 heterocycles. The molecule has 1 aromatic heterocycles. The van der Waals surface area contributed by atoms with E-state index >= 15 is 0 Å². The maximum absolute atomic E-state index is 12.2. The second-order valence-electron chi connectivity index (χ2n) is 5.45. The highest BCUT2D eigenvalue weighted by Gasteiger charge is 2.42. The average molecular weight is 278 g/mol. The summed E-state index contributed by atoms with van der Waals surface area (Å²) in [5, 5.41) is 0. The number of carbonyl (C=O) groups is 2. The minimum atomic E-state index is -0.289. The van der Waals surface area contributed by atoms with Gasteiger partial charge in [0.2, 0.25) is 5.91 Å². The summed E-state index contributed by atoms with van der Waals surface area (Å²) in [5.74, 6) is 0.313. The number of rotatable bonds is 1. The lowest BCUT2D eigenvalue weighted by Gasteiger charge is -2.45. The number of aromatic nitrogens is 2. The van der Waals surface area contributed by atoms with E-state index in [4.69, 9.17) is 4.74 Å². The van der Waals surface area contributed by atoms with Crippen LogP contribution in [0.4, 0.5) is 0 Å². The number of likely N-dealkylation sites (N-methyl/N-ethyl adjacent to an activating group) is 1. The summed E-state index contributed by atoms with van der Waals surface area (Å²) in [6.45, 7) is 2.00. The number of morpholine rings is 1. The van der Waals surface area contributed by atoms with Crippen molar-refractivity contribution in [3.63, 3.8) is 0 Å². The van der Waals surface area contributed by atoms with Crippen molar-refractivity contribution in [2.45, 2.75) is 18.4 Å². The zero-order chi connectivity index (χ0) is 14.2. The lowest BCUT2D eigenvalue weighted by Crippen LogP contribution is -2.58. The van der Waals surface area contributed by atoms with E-state index in [9.17, 15) is 9.59 Å². The fraction of sp³-hybridized carbons (Fsp3) is 0.615. The molecule has 7 heteroatoms. The Morgan fingerprint density at radius 3 is 2.80 bits per heavy atom. The summed E-state index contributed by atoms with van der Waals surface area (Å²) in [5.41, 5.74) is -0.289. The summed E-state index contributed by atoms with van der Waals surface area (Å²) in [6, 6.07) is 0. The van der Waals surface area contributed by atoms with Crippen LogP contribution in [0, 0.1) is 0 Å². The summed E-state index contributed by atoms with van der Waals surface area (Å²) in [7, 11) is 1.80. The second-order valence-corrected chi connectivity index (χ2v) is 5.45. The number of H-pyrrole nitrogens is 1. The Hall–Kier alpha value is -1.89. The van der Waals surface area contributed by atoms with Gasteiger partial charge in [0.05, 0.1) is 5.60 Å². The molecule has 20 heavy (non-hydrogen) atoms. The monoisotopic (exact) mass is 278 g/mol. The molecule has 108 valence electrons. The highest BCUT2D eigenvalue weighted by molar-refractivity contribution is 5.90. The first kappa shape index (κ1) is 13.1. The summed E-state index contributed by atoms with van der Waals surface area (Å²) < 4.78 is 5.76. The van der Waals surface area contributed by atoms with Crippen molar-refractivity contribution in [1.29, 1.82) is 0 Å². The number of hydrogen-bond acceptors (Lipinski definition) is 4. The van der Waals surface area contributed by atoms with E-state index in [0.717, 1.165) is 12.8 Å². The predicted molar refractivity (Wildman–Crippen MR) is 70.0 cm³/mol. The number of aromatic amines is 1. The van der Waals surface area contributed by atoms with Crippen molar-refractivity contribution in [1.82, 2.24) is 19.8 Å². The van der Waals surface area contributed by atoms with Crippen LogP contribution in [0.2, 0.25) is 0 Å². The van der Waals surface area contributed by atoms with E-state index in [0.29, 0.717) is 25.5 Å². The topological polar surface area (TPSA) is 78.5 Å². The van der Waals surface area contributed by atoms with Gasteiger partial charge in [-0.15, -0.1) is 0 Å². The lowest BCUT2D eigenvalue weighted by molar-refractivity contribution is -0.167. The first-order valence-corrected chi connectivity index (χ1v) is 6.76. The van der Waals surface area contributed by atoms with Gasteiger partial charge in [-0.2, -0.15) is 0 Å². The van der Waals surface area contributed by atoms with Crippen LogP contribution in [0.1, 0.15) is 23.5 Å². The van der Waals surface area contributed by atoms with Crippen molar-refractivity contribution >= 4 is 11.8 Å². The molecule has 0 saturated carbocycles. The Bertz CT molecular complexity index is 506. The zero-order valence-corrected chi connectivity index (χ0v) is 11.5. The molecule has 0 aliphatic carbocycles. The van der Waals surface area contributed by atoms with Crippen LogP contribution in [-0.4, -0.2) is 70.5 Å². The smallest absolute Gasteiger partial charge is 0.289 e. The van der Waals surface area contributed by atoms with E-state index in [1.807, 2.05) is 0 Å². The number of hydrogen-bond donors (Lipinski definition) is 1. The molecule has 2 aliphatic rings. The Balaban J connectivity index is 1.62. The number of carbonyl (C=O) groups excluding carboxylic acids is 2. The van der Waals surface area contributed by atoms with Gasteiger partial charge in [-0.3, -0.25) is 9.59 Å². The number of nitrogens with one attached hydrogen (secondary N) is 1. The number of amides is 2. The summed E-state index contributed by atoms with van der Waals surface area (Å²) in [4.78, 5) is 34.0. The Morgan fingerprint density at radius 1 is 1.45 bits per heavy atom. The van der Waals surface area contributed by atoms with Crippen LogP contribution in [0.25, 0.3) is 0 Å². The van der Waals surface area contributed by atoms with Gasteiger partial charge in [-0.1, -0.05) is 0 Å². The van der Waals surface area contributed by atoms with Crippen LogP contribution in [0.5, 0.6) is 0 Å². The molecule has 2 saturated heterocycles. The quantitative estimate of drug-likeness (QED) is 0.776. The second kappa shape index (κ2) is 4.90. The van der Waals surface area contributed by atoms with Gasteiger partial charge in [-0.05, 0) is 12.8 Å². The number of likely N-dealkylation sites (tertiary alicyclic amines) is 1. The largest absolute Gasteiger partial charge is 0.363 e. The zero-order valence-electron chi connectivity index (χ0n) is 11.5. The molecular formula is C13H18N4O3. The molecular weight excluding hydrogens is 260 g/mol. The van der Waals surface area contributed by atoms with E-state index in [1.165, 1.54) is 0 Å². The molecule has 0 unspecified atom stereocenters. The standard InChI is InChI=1S/C13H18N4O3/c1-16-9-13(20-8-10(16)18)2-6-17(7-3-13)12(19)11-14-4-5-15-11/h4-5H,2-3,6-9H2,1H3,(H,14,15). The van der Waals surface area contributed by atoms with Crippen molar-refractivity contribution in [3.8, 4) is 0 Å². The first-order chi connectivity index (χ1) is 9.60. The van der Waals surface area contributed by atoms with Gasteiger partial charge >= 0.3 is 0 Å². The Labute approximate surface area is 116 Å². The minimum absolute atomic E-state index is 0.0183. The Kier molecular flexibility index (Phi) is 3.21. The number of ether oxygens (including phenoxy) is 1. The molecule has 0 atom stereocenters. The van der Waals surface area contributed by atoms with Gasteiger partial charge in [-0.25, -0.2) is 4.98 Å². The predicted octanol–water partition coefficient (Wildman–Crippen LogP) is -0.127. The van der Waals surface area contributed by atoms with Crippen molar-refractivity contribution in [2.24, 2.45) is 0 Å². The highest BCUT2D eigenvalue weighted by Crippen LogP contribution is 2.30. The number of nitrogens with zero attached hydrogens (tertiary/aromatic N) is 3. The Morgan fingerprint density at radius 2 is 2.20 bits per heavy atom. The van der Waals surface area contributed by atoms with Crippen molar-refractivity contribution in [3.05, 3.63) is 18.2 Å². The lowest BCUT2D eigenvalue weighted by atomic mass is 9.89. The number of imidazole rings is 1. The third kappa shape index (κ3) is 2.29. The molecule has 3 rings (SSSR count). The summed E-state index contributed by atoms with van der Waals surface area (Å²) in [6.07, 6.45) is 4.71. The summed E-state index contributed by atoms with van der Waals surface area (Å²) >= 11 is 0. The van der Waals surface area contributed by atoms with Gasteiger partial charge in [0.15, 0.2) is 5.82 Å². The molecule has 0 bridgehead atoms. The molecule has 1 aromatic rings.